The number of hydrogen-bond acceptors (Lipinski definition) is 3. The predicted octanol–water partition coefficient (Wildman–Crippen LogP) is 1.01. The van der Waals surface area contributed by atoms with Gasteiger partial charge < -0.3 is 19.6 Å². The summed E-state index contributed by atoms with van der Waals surface area (Å²) in [6.45, 7) is 4.19. The Labute approximate surface area is 113 Å². The summed E-state index contributed by atoms with van der Waals surface area (Å²) in [6, 6.07) is -0.138. The fourth-order valence-corrected chi connectivity index (χ4v) is 3.04. The monoisotopic (exact) mass is 270 g/mol. The Hall–Kier alpha value is -1.30. The highest BCUT2D eigenvalue weighted by atomic mass is 16.5. The SMILES string of the molecule is COCC1CCN(C(=O)N2CCCC2(C)C(=O)O)C1. The third-order valence-electron chi connectivity index (χ3n) is 4.29. The molecule has 0 aromatic heterocycles. The standard InChI is InChI=1S/C13H22N2O4/c1-13(11(16)17)5-3-6-15(13)12(18)14-7-4-10(8-14)9-19-2/h10H,3-9H2,1-2H3,(H,16,17). The second kappa shape index (κ2) is 5.36. The van der Waals surface area contributed by atoms with E-state index in [0.29, 0.717) is 38.6 Å². The normalized spacial score (nSPS) is 30.9. The van der Waals surface area contributed by atoms with E-state index in [-0.39, 0.29) is 6.03 Å². The number of carboxylic acids is 1. The van der Waals surface area contributed by atoms with Gasteiger partial charge in [-0.1, -0.05) is 0 Å². The van der Waals surface area contributed by atoms with Gasteiger partial charge in [-0.2, -0.15) is 0 Å². The molecule has 0 aromatic carbocycles. The number of hydrogen-bond donors (Lipinski definition) is 1. The number of methoxy groups -OCH3 is 1. The van der Waals surface area contributed by atoms with Gasteiger partial charge >= 0.3 is 12.0 Å². The molecule has 2 atom stereocenters. The predicted molar refractivity (Wildman–Crippen MR) is 68.9 cm³/mol. The lowest BCUT2D eigenvalue weighted by Gasteiger charge is -2.34. The zero-order valence-electron chi connectivity index (χ0n) is 11.6. The molecular formula is C13H22N2O4. The molecule has 2 heterocycles. The van der Waals surface area contributed by atoms with Crippen molar-refractivity contribution in [1.82, 2.24) is 9.80 Å². The summed E-state index contributed by atoms with van der Waals surface area (Å²) >= 11 is 0. The zero-order chi connectivity index (χ0) is 14.0. The number of amides is 2. The molecule has 108 valence electrons. The van der Waals surface area contributed by atoms with E-state index in [4.69, 9.17) is 4.74 Å². The first kappa shape index (κ1) is 14.1. The number of likely N-dealkylation sites (tertiary alicyclic amines) is 2. The molecule has 0 spiro atoms. The lowest BCUT2D eigenvalue weighted by molar-refractivity contribution is -0.147. The molecule has 6 heteroatoms. The Kier molecular flexibility index (Phi) is 3.99. The molecule has 0 bridgehead atoms. The van der Waals surface area contributed by atoms with Gasteiger partial charge in [-0.15, -0.1) is 0 Å². The molecule has 0 aromatic rings. The molecule has 2 unspecified atom stereocenters. The summed E-state index contributed by atoms with van der Waals surface area (Å²) < 4.78 is 5.11. The van der Waals surface area contributed by atoms with Gasteiger partial charge in [0.2, 0.25) is 0 Å². The Morgan fingerprint density at radius 3 is 2.79 bits per heavy atom. The Morgan fingerprint density at radius 1 is 1.42 bits per heavy atom. The van der Waals surface area contributed by atoms with E-state index in [9.17, 15) is 14.7 Å². The molecule has 0 saturated carbocycles. The maximum Gasteiger partial charge on any atom is 0.329 e. The Bertz CT molecular complexity index is 374. The Morgan fingerprint density at radius 2 is 2.16 bits per heavy atom. The van der Waals surface area contributed by atoms with Crippen LogP contribution in [0, 0.1) is 5.92 Å². The van der Waals surface area contributed by atoms with Gasteiger partial charge in [-0.3, -0.25) is 0 Å². The molecule has 0 radical (unpaired) electrons. The minimum absolute atomic E-state index is 0.138. The number of carbonyl (C=O) groups is 2. The van der Waals surface area contributed by atoms with Gasteiger partial charge in [0.25, 0.3) is 0 Å². The average molecular weight is 270 g/mol. The highest BCUT2D eigenvalue weighted by molar-refractivity contribution is 5.86. The zero-order valence-corrected chi connectivity index (χ0v) is 11.6. The van der Waals surface area contributed by atoms with E-state index >= 15 is 0 Å². The average Bonchev–Trinajstić information content (AvgIpc) is 2.96. The van der Waals surface area contributed by atoms with Crippen LogP contribution in [0.1, 0.15) is 26.2 Å². The first-order valence-electron chi connectivity index (χ1n) is 6.78. The minimum Gasteiger partial charge on any atom is -0.480 e. The van der Waals surface area contributed by atoms with Crippen molar-refractivity contribution >= 4 is 12.0 Å². The molecule has 2 saturated heterocycles. The summed E-state index contributed by atoms with van der Waals surface area (Å²) in [6.07, 6.45) is 2.21. The van der Waals surface area contributed by atoms with E-state index in [0.717, 1.165) is 12.8 Å². The van der Waals surface area contributed by atoms with Crippen molar-refractivity contribution in [3.63, 3.8) is 0 Å². The van der Waals surface area contributed by atoms with E-state index in [1.807, 2.05) is 0 Å². The largest absolute Gasteiger partial charge is 0.480 e. The maximum atomic E-state index is 12.5. The topological polar surface area (TPSA) is 70.1 Å². The molecule has 2 aliphatic rings. The molecule has 6 nitrogen and oxygen atoms in total. The first-order valence-corrected chi connectivity index (χ1v) is 6.78. The molecule has 19 heavy (non-hydrogen) atoms. The number of rotatable bonds is 3. The second-order valence-corrected chi connectivity index (χ2v) is 5.67. The summed E-state index contributed by atoms with van der Waals surface area (Å²) in [4.78, 5) is 27.1. The number of urea groups is 1. The first-order chi connectivity index (χ1) is 8.99. The number of aliphatic carboxylic acids is 1. The Balaban J connectivity index is 2.02. The van der Waals surface area contributed by atoms with Crippen molar-refractivity contribution < 1.29 is 19.4 Å². The number of nitrogens with zero attached hydrogens (tertiary/aromatic N) is 2. The van der Waals surface area contributed by atoms with Gasteiger partial charge in [-0.25, -0.2) is 9.59 Å². The van der Waals surface area contributed by atoms with Gasteiger partial charge in [0, 0.05) is 32.7 Å². The van der Waals surface area contributed by atoms with E-state index in [1.54, 1.807) is 18.9 Å². The van der Waals surface area contributed by atoms with Gasteiger partial charge in [-0.05, 0) is 26.2 Å². The van der Waals surface area contributed by atoms with Crippen LogP contribution in [0.5, 0.6) is 0 Å². The van der Waals surface area contributed by atoms with Crippen molar-refractivity contribution in [1.29, 1.82) is 0 Å². The van der Waals surface area contributed by atoms with Crippen LogP contribution in [0.2, 0.25) is 0 Å². The van der Waals surface area contributed by atoms with E-state index in [2.05, 4.69) is 0 Å². The minimum atomic E-state index is -1.05. The molecule has 2 aliphatic heterocycles. The van der Waals surface area contributed by atoms with Crippen LogP contribution in [0.15, 0.2) is 0 Å². The van der Waals surface area contributed by atoms with Crippen LogP contribution < -0.4 is 0 Å². The fraction of sp³-hybridized carbons (Fsp3) is 0.846. The third-order valence-corrected chi connectivity index (χ3v) is 4.29. The summed E-state index contributed by atoms with van der Waals surface area (Å²) in [5, 5.41) is 9.34. The van der Waals surface area contributed by atoms with Crippen LogP contribution in [-0.2, 0) is 9.53 Å². The summed E-state index contributed by atoms with van der Waals surface area (Å²) in [7, 11) is 1.66. The number of carbonyl (C=O) groups excluding carboxylic acids is 1. The van der Waals surface area contributed by atoms with Crippen LogP contribution in [0.4, 0.5) is 4.79 Å². The van der Waals surface area contributed by atoms with Crippen molar-refractivity contribution in [3.8, 4) is 0 Å². The van der Waals surface area contributed by atoms with Crippen LogP contribution in [0.3, 0.4) is 0 Å². The van der Waals surface area contributed by atoms with Gasteiger partial charge in [0.1, 0.15) is 5.54 Å². The molecule has 2 fully saturated rings. The van der Waals surface area contributed by atoms with Crippen molar-refractivity contribution in [2.24, 2.45) is 5.92 Å². The maximum absolute atomic E-state index is 12.5. The molecular weight excluding hydrogens is 248 g/mol. The van der Waals surface area contributed by atoms with Crippen molar-refractivity contribution in [3.05, 3.63) is 0 Å². The van der Waals surface area contributed by atoms with Crippen LogP contribution >= 0.6 is 0 Å². The highest BCUT2D eigenvalue weighted by Gasteiger charge is 2.47. The molecule has 1 N–H and O–H groups in total. The fourth-order valence-electron chi connectivity index (χ4n) is 3.04. The van der Waals surface area contributed by atoms with Crippen molar-refractivity contribution in [2.75, 3.05) is 33.4 Å². The smallest absolute Gasteiger partial charge is 0.329 e. The third kappa shape index (κ3) is 2.54. The van der Waals surface area contributed by atoms with Crippen LogP contribution in [-0.4, -0.2) is 65.8 Å². The highest BCUT2D eigenvalue weighted by Crippen LogP contribution is 2.31. The molecule has 2 amide bonds. The van der Waals surface area contributed by atoms with Gasteiger partial charge in [0.15, 0.2) is 0 Å². The lowest BCUT2D eigenvalue weighted by atomic mass is 10.00. The molecule has 2 rings (SSSR count). The van der Waals surface area contributed by atoms with Crippen LogP contribution in [0.25, 0.3) is 0 Å². The number of carboxylic acid groups (broad SMARTS) is 1. The van der Waals surface area contributed by atoms with Gasteiger partial charge in [0.05, 0.1) is 6.61 Å². The number of ether oxygens (including phenoxy) is 1. The lowest BCUT2D eigenvalue weighted by Crippen LogP contribution is -2.54. The summed E-state index contributed by atoms with van der Waals surface area (Å²) in [5.41, 5.74) is -1.05. The van der Waals surface area contributed by atoms with Crippen molar-refractivity contribution in [2.45, 2.75) is 31.7 Å². The van der Waals surface area contributed by atoms with E-state index in [1.165, 1.54) is 4.90 Å². The quantitative estimate of drug-likeness (QED) is 0.831. The summed E-state index contributed by atoms with van der Waals surface area (Å²) in [5.74, 6) is -0.543. The second-order valence-electron chi connectivity index (χ2n) is 5.67. The van der Waals surface area contributed by atoms with E-state index < -0.39 is 11.5 Å². The molecule has 0 aliphatic carbocycles.